The molecule has 0 aliphatic carbocycles. The quantitative estimate of drug-likeness (QED) is 0.201. The van der Waals surface area contributed by atoms with Crippen LogP contribution in [0.4, 0.5) is 0 Å². The van der Waals surface area contributed by atoms with Crippen molar-refractivity contribution >= 4 is 64.6 Å². The molecule has 2 saturated heterocycles. The topological polar surface area (TPSA) is 249 Å². The summed E-state index contributed by atoms with van der Waals surface area (Å²) in [5.41, 5.74) is 0. The van der Waals surface area contributed by atoms with Crippen LogP contribution in [-0.4, -0.2) is 258 Å². The fourth-order valence-corrected chi connectivity index (χ4v) is 12.7. The van der Waals surface area contributed by atoms with Gasteiger partial charge in [0, 0.05) is 113 Å². The molecular weight excluding hydrogens is 1150 g/mol. The molecule has 516 valence electrons. The third-order valence-corrected chi connectivity index (χ3v) is 18.8. The molecule has 0 unspecified atom stereocenters. The Morgan fingerprint density at radius 2 is 0.900 bits per heavy atom. The number of aliphatic hydroxyl groups is 1. The second kappa shape index (κ2) is 36.8. The van der Waals surface area contributed by atoms with E-state index < -0.39 is 144 Å². The molecule has 12 atom stereocenters. The predicted octanol–water partition coefficient (Wildman–Crippen LogP) is 5.21. The molecular formula is C68H122N10O12. The molecule has 0 radical (unpaired) electrons. The fraction of sp³-hybridized carbons (Fsp3) is 0.838. The zero-order valence-corrected chi connectivity index (χ0v) is 60.0. The number of likely N-dealkylation sites (N-methyl/N-ethyl adjacent to an activating group) is 8. The standard InChI is InChI=1S/C68H122N10O12/c1-25-49-37-57(81)60(61(83)46(14)26-27-78-30-28-70(17)29-31-78)77(24)68(90)59(45(12)13)76(23)67(89)54(35-43(8)9)75(22)66(88)53(34-42(6)7)74(21)63(85)48(16)69-62(84)47(15)36-55(79)52(33-41(4)5)73(20)65(87)50(44(10)11)38-56(80)51(32-40(2)3)72(19)58(82)39-71(18)64(49)86/h40-54,59-61,83H,25-39H2,1-24H3,(H,69,84)/t46-,47+,48+,49+,50-,51+,52-,53-,54-,59-,60+,61-/m1/s1. The molecule has 2 rings (SSSR count). The van der Waals surface area contributed by atoms with Crippen molar-refractivity contribution in [2.75, 3.05) is 95.6 Å². The molecule has 2 heterocycles. The number of carbonyl (C=O) groups excluding carboxylic acids is 11. The van der Waals surface area contributed by atoms with E-state index in [1.54, 1.807) is 27.7 Å². The van der Waals surface area contributed by atoms with Gasteiger partial charge >= 0.3 is 0 Å². The molecule has 0 aromatic carbocycles. The van der Waals surface area contributed by atoms with Crippen LogP contribution in [0.15, 0.2) is 0 Å². The Hall–Kier alpha value is -5.35. The second-order valence-electron chi connectivity index (χ2n) is 29.2. The van der Waals surface area contributed by atoms with Gasteiger partial charge in [-0.1, -0.05) is 104 Å². The number of ketones is 3. The molecule has 90 heavy (non-hydrogen) atoms. The van der Waals surface area contributed by atoms with Gasteiger partial charge in [-0.15, -0.1) is 0 Å². The highest BCUT2D eigenvalue weighted by molar-refractivity contribution is 5.99. The monoisotopic (exact) mass is 1270 g/mol. The van der Waals surface area contributed by atoms with Gasteiger partial charge in [0.15, 0.2) is 17.3 Å². The summed E-state index contributed by atoms with van der Waals surface area (Å²) in [7, 11) is 12.4. The maximum Gasteiger partial charge on any atom is 0.246 e. The Bertz CT molecular complexity index is 2430. The van der Waals surface area contributed by atoms with Crippen LogP contribution in [0.25, 0.3) is 0 Å². The number of aliphatic hydroxyl groups excluding tert-OH is 1. The van der Waals surface area contributed by atoms with Gasteiger partial charge in [0.2, 0.25) is 47.3 Å². The average molecular weight is 1270 g/mol. The van der Waals surface area contributed by atoms with Gasteiger partial charge in [-0.3, -0.25) is 52.7 Å². The number of carbonyl (C=O) groups is 11. The first-order valence-corrected chi connectivity index (χ1v) is 33.4. The minimum Gasteiger partial charge on any atom is -0.390 e. The Balaban J connectivity index is 2.97. The smallest absolute Gasteiger partial charge is 0.246 e. The summed E-state index contributed by atoms with van der Waals surface area (Å²) in [5.74, 6) is -10.6. The largest absolute Gasteiger partial charge is 0.390 e. The van der Waals surface area contributed by atoms with Crippen LogP contribution < -0.4 is 5.32 Å². The molecule has 22 heteroatoms. The van der Waals surface area contributed by atoms with E-state index in [2.05, 4.69) is 22.2 Å². The third-order valence-electron chi connectivity index (χ3n) is 18.8. The summed E-state index contributed by atoms with van der Waals surface area (Å²) in [5, 5.41) is 15.2. The van der Waals surface area contributed by atoms with E-state index in [0.29, 0.717) is 13.0 Å². The summed E-state index contributed by atoms with van der Waals surface area (Å²) >= 11 is 0. The lowest BCUT2D eigenvalue weighted by molar-refractivity contribution is -0.157. The summed E-state index contributed by atoms with van der Waals surface area (Å²) in [4.78, 5) is 176. The van der Waals surface area contributed by atoms with Gasteiger partial charge in [0.25, 0.3) is 0 Å². The Morgan fingerprint density at radius 1 is 0.467 bits per heavy atom. The number of rotatable bonds is 16. The van der Waals surface area contributed by atoms with E-state index in [1.807, 2.05) is 76.2 Å². The molecule has 22 nitrogen and oxygen atoms in total. The first kappa shape index (κ1) is 80.7. The average Bonchev–Trinajstić information content (AvgIpc) is 0.901. The van der Waals surface area contributed by atoms with Crippen molar-refractivity contribution in [1.29, 1.82) is 0 Å². The van der Waals surface area contributed by atoms with Gasteiger partial charge in [0.1, 0.15) is 30.2 Å². The van der Waals surface area contributed by atoms with Crippen LogP contribution in [0.3, 0.4) is 0 Å². The molecule has 0 aromatic rings. The number of nitrogens with one attached hydrogen (secondary N) is 1. The zero-order chi connectivity index (χ0) is 69.3. The lowest BCUT2D eigenvalue weighted by Gasteiger charge is -2.42. The van der Waals surface area contributed by atoms with E-state index in [4.69, 9.17) is 0 Å². The van der Waals surface area contributed by atoms with E-state index >= 15 is 19.2 Å². The van der Waals surface area contributed by atoms with Crippen LogP contribution in [0.5, 0.6) is 0 Å². The molecule has 0 bridgehead atoms. The molecule has 0 saturated carbocycles. The normalized spacial score (nSPS) is 27.7. The van der Waals surface area contributed by atoms with Gasteiger partial charge < -0.3 is 54.5 Å². The Morgan fingerprint density at radius 3 is 1.37 bits per heavy atom. The highest BCUT2D eigenvalue weighted by atomic mass is 16.3. The molecule has 2 aliphatic heterocycles. The summed E-state index contributed by atoms with van der Waals surface area (Å²) in [6, 6.07) is -8.09. The van der Waals surface area contributed by atoms with Crippen molar-refractivity contribution in [2.24, 2.45) is 59.2 Å². The highest BCUT2D eigenvalue weighted by Crippen LogP contribution is 2.29. The molecule has 2 aliphatic rings. The zero-order valence-electron chi connectivity index (χ0n) is 60.0. The summed E-state index contributed by atoms with van der Waals surface area (Å²) in [6.45, 7) is 32.6. The predicted molar refractivity (Wildman–Crippen MR) is 351 cm³/mol. The molecule has 2 N–H and O–H groups in total. The fourth-order valence-electron chi connectivity index (χ4n) is 12.7. The second-order valence-corrected chi connectivity index (χ2v) is 29.2. The summed E-state index contributed by atoms with van der Waals surface area (Å²) in [6.07, 6.45) is -0.884. The Kier molecular flexibility index (Phi) is 33.0. The Labute approximate surface area is 541 Å². The number of hydrogen-bond donors (Lipinski definition) is 2. The van der Waals surface area contributed by atoms with Crippen LogP contribution in [0.1, 0.15) is 169 Å². The van der Waals surface area contributed by atoms with E-state index in [1.165, 1.54) is 90.6 Å². The number of amides is 8. The first-order chi connectivity index (χ1) is 41.6. The van der Waals surface area contributed by atoms with Gasteiger partial charge in [-0.25, -0.2) is 0 Å². The molecule has 0 aromatic heterocycles. The number of piperazine rings is 1. The van der Waals surface area contributed by atoms with Crippen LogP contribution >= 0.6 is 0 Å². The van der Waals surface area contributed by atoms with Crippen molar-refractivity contribution in [3.63, 3.8) is 0 Å². The number of Topliss-reactive ketones (excluding diaryl/α,β-unsaturated/α-hetero) is 3. The minimum absolute atomic E-state index is 0.0656. The van der Waals surface area contributed by atoms with Crippen molar-refractivity contribution in [3.05, 3.63) is 0 Å². The van der Waals surface area contributed by atoms with Crippen molar-refractivity contribution < 1.29 is 57.8 Å². The lowest BCUT2D eigenvalue weighted by Crippen LogP contribution is -2.62. The van der Waals surface area contributed by atoms with E-state index in [0.717, 1.165) is 26.2 Å². The maximum absolute atomic E-state index is 15.4. The van der Waals surface area contributed by atoms with Crippen LogP contribution in [0.2, 0.25) is 0 Å². The number of nitrogens with zero attached hydrogens (tertiary/aromatic N) is 9. The molecule has 2 fully saturated rings. The lowest BCUT2D eigenvalue weighted by atomic mass is 9.84. The van der Waals surface area contributed by atoms with Crippen molar-refractivity contribution in [1.82, 2.24) is 49.4 Å². The van der Waals surface area contributed by atoms with E-state index in [9.17, 15) is 38.7 Å². The highest BCUT2D eigenvalue weighted by Gasteiger charge is 2.46. The maximum atomic E-state index is 15.4. The molecule has 0 spiro atoms. The van der Waals surface area contributed by atoms with Crippen molar-refractivity contribution in [2.45, 2.75) is 217 Å². The molecule has 8 amide bonds. The van der Waals surface area contributed by atoms with Gasteiger partial charge in [-0.2, -0.15) is 0 Å². The van der Waals surface area contributed by atoms with E-state index in [-0.39, 0.29) is 86.1 Å². The van der Waals surface area contributed by atoms with Crippen molar-refractivity contribution in [3.8, 4) is 0 Å². The summed E-state index contributed by atoms with van der Waals surface area (Å²) < 4.78 is 0. The first-order valence-electron chi connectivity index (χ1n) is 33.4. The number of hydrogen-bond acceptors (Lipinski definition) is 14. The van der Waals surface area contributed by atoms with Crippen LogP contribution in [0, 0.1) is 59.2 Å². The van der Waals surface area contributed by atoms with Gasteiger partial charge in [-0.05, 0) is 100 Å². The minimum atomic E-state index is -1.48. The van der Waals surface area contributed by atoms with Crippen LogP contribution in [-0.2, 0) is 52.7 Å². The SMILES string of the molecule is CC[C@H]1CC(=O)[C@@H]([C@H](O)[C@H](C)CCN2CCN(C)CC2)N(C)C(=O)[C@@H](C(C)C)N(C)C(=O)[C@@H](CC(C)C)N(C)C(=O)[C@@H](CC(C)C)N(C)C(=O)[C@H](C)NC(=O)[C@@H](C)CC(=O)[C@@H](CC(C)C)N(C)C(=O)[C@@H](C(C)C)CC(=O)[C@H](CC(C)C)N(C)C(=O)CN(C)C1=O. The third kappa shape index (κ3) is 22.7. The van der Waals surface area contributed by atoms with Gasteiger partial charge in [0.05, 0.1) is 24.7 Å².